The molecule has 0 aromatic heterocycles. The monoisotopic (exact) mass is 500 g/mol. The average molecular weight is 502 g/mol. The van der Waals surface area contributed by atoms with Crippen molar-refractivity contribution in [2.45, 2.75) is 5.92 Å². The third kappa shape index (κ3) is 4.44. The largest absolute Gasteiger partial charge is 0.495 e. The second-order valence-corrected chi connectivity index (χ2v) is 8.26. The number of methoxy groups -OCH3 is 1. The first-order valence-corrected chi connectivity index (χ1v) is 10.7. The smallest absolute Gasteiger partial charge is 0.343 e. The molecule has 0 fully saturated rings. The lowest BCUT2D eigenvalue weighted by atomic mass is 9.83. The zero-order valence-corrected chi connectivity index (χ0v) is 19.3. The lowest BCUT2D eigenvalue weighted by Gasteiger charge is -2.27. The summed E-state index contributed by atoms with van der Waals surface area (Å²) >= 11 is 18.3. The summed E-state index contributed by atoms with van der Waals surface area (Å²) in [5, 5.41) is 10.7. The predicted octanol–water partition coefficient (Wildman–Crippen LogP) is 6.09. The van der Waals surface area contributed by atoms with Gasteiger partial charge in [-0.1, -0.05) is 46.9 Å². The molecule has 3 aromatic carbocycles. The molecule has 0 radical (unpaired) electrons. The third-order valence-corrected chi connectivity index (χ3v) is 6.10. The molecule has 1 aliphatic rings. The minimum Gasteiger partial charge on any atom is -0.495 e. The quantitative estimate of drug-likeness (QED) is 0.343. The van der Waals surface area contributed by atoms with E-state index in [1.165, 1.54) is 19.2 Å². The van der Waals surface area contributed by atoms with Crippen molar-refractivity contribution < 1.29 is 19.0 Å². The van der Waals surface area contributed by atoms with Crippen molar-refractivity contribution in [2.24, 2.45) is 5.73 Å². The Labute approximate surface area is 204 Å². The molecular weight excluding hydrogens is 487 g/mol. The number of nitrogens with zero attached hydrogens (tertiary/aromatic N) is 1. The first-order chi connectivity index (χ1) is 15.8. The molecule has 0 saturated heterocycles. The molecule has 4 rings (SSSR count). The van der Waals surface area contributed by atoms with Crippen LogP contribution in [0.5, 0.6) is 17.2 Å². The predicted molar refractivity (Wildman–Crippen MR) is 125 cm³/mol. The van der Waals surface area contributed by atoms with Crippen LogP contribution in [0, 0.1) is 11.3 Å². The number of benzene rings is 3. The van der Waals surface area contributed by atoms with Gasteiger partial charge >= 0.3 is 5.97 Å². The standard InChI is InChI=1S/C24H15Cl3N2O4/c1-31-20-7-3-13(9-19(20)27)24(30)32-14-4-5-15-21(10-14)33-23(29)16(11-28)22(15)12-2-6-17(25)18(26)8-12/h2-10,22H,29H2,1H3. The first kappa shape index (κ1) is 22.8. The Morgan fingerprint density at radius 3 is 2.48 bits per heavy atom. The summed E-state index contributed by atoms with van der Waals surface area (Å²) in [6.45, 7) is 0. The highest BCUT2D eigenvalue weighted by molar-refractivity contribution is 6.42. The third-order valence-electron chi connectivity index (χ3n) is 5.07. The molecule has 0 bridgehead atoms. The number of hydrogen-bond acceptors (Lipinski definition) is 6. The van der Waals surface area contributed by atoms with Crippen LogP contribution in [0.4, 0.5) is 0 Å². The number of nitriles is 1. The lowest BCUT2D eigenvalue weighted by Crippen LogP contribution is -2.21. The first-order valence-electron chi connectivity index (χ1n) is 9.54. The van der Waals surface area contributed by atoms with E-state index in [1.54, 1.807) is 42.5 Å². The highest BCUT2D eigenvalue weighted by atomic mass is 35.5. The number of ether oxygens (including phenoxy) is 3. The van der Waals surface area contributed by atoms with E-state index in [0.717, 1.165) is 0 Å². The van der Waals surface area contributed by atoms with Gasteiger partial charge in [-0.05, 0) is 42.0 Å². The fraction of sp³-hybridized carbons (Fsp3) is 0.0833. The number of nitrogens with two attached hydrogens (primary N) is 1. The molecule has 1 aliphatic heterocycles. The minimum atomic E-state index is -0.613. The van der Waals surface area contributed by atoms with Gasteiger partial charge < -0.3 is 19.9 Å². The summed E-state index contributed by atoms with van der Waals surface area (Å²) in [6.07, 6.45) is 0. The van der Waals surface area contributed by atoms with E-state index in [9.17, 15) is 10.1 Å². The number of fused-ring (bicyclic) bond motifs is 1. The number of halogens is 3. The molecular formula is C24H15Cl3N2O4. The van der Waals surface area contributed by atoms with Gasteiger partial charge in [0.05, 0.1) is 33.7 Å². The maximum atomic E-state index is 12.6. The normalized spacial score (nSPS) is 14.7. The van der Waals surface area contributed by atoms with Crippen LogP contribution >= 0.6 is 34.8 Å². The van der Waals surface area contributed by atoms with Gasteiger partial charge in [0.2, 0.25) is 5.88 Å². The highest BCUT2D eigenvalue weighted by Gasteiger charge is 2.31. The SMILES string of the molecule is COc1ccc(C(=O)Oc2ccc3c(c2)OC(N)=C(C#N)C3c2ccc(Cl)c(Cl)c2)cc1Cl. The van der Waals surface area contributed by atoms with E-state index in [1.807, 2.05) is 0 Å². The maximum Gasteiger partial charge on any atom is 0.343 e. The fourth-order valence-corrected chi connectivity index (χ4v) is 4.06. The van der Waals surface area contributed by atoms with Crippen molar-refractivity contribution in [3.63, 3.8) is 0 Å². The van der Waals surface area contributed by atoms with E-state index in [4.69, 9.17) is 54.7 Å². The summed E-state index contributed by atoms with van der Waals surface area (Å²) in [4.78, 5) is 12.6. The molecule has 166 valence electrons. The van der Waals surface area contributed by atoms with Crippen molar-refractivity contribution in [2.75, 3.05) is 7.11 Å². The van der Waals surface area contributed by atoms with Crippen molar-refractivity contribution in [3.8, 4) is 23.3 Å². The van der Waals surface area contributed by atoms with E-state index in [2.05, 4.69) is 6.07 Å². The van der Waals surface area contributed by atoms with Crippen LogP contribution in [0.15, 0.2) is 66.1 Å². The molecule has 0 spiro atoms. The Bertz CT molecular complexity index is 1350. The van der Waals surface area contributed by atoms with E-state index < -0.39 is 11.9 Å². The van der Waals surface area contributed by atoms with Gasteiger partial charge in [-0.25, -0.2) is 4.79 Å². The van der Waals surface area contributed by atoms with Crippen molar-refractivity contribution in [3.05, 3.63) is 97.8 Å². The molecule has 3 aromatic rings. The van der Waals surface area contributed by atoms with Gasteiger partial charge in [0.25, 0.3) is 0 Å². The maximum absolute atomic E-state index is 12.6. The molecule has 2 N–H and O–H groups in total. The van der Waals surface area contributed by atoms with Crippen LogP contribution in [0.25, 0.3) is 0 Å². The molecule has 0 saturated carbocycles. The molecule has 1 unspecified atom stereocenters. The van der Waals surface area contributed by atoms with Gasteiger partial charge in [-0.3, -0.25) is 0 Å². The number of esters is 1. The van der Waals surface area contributed by atoms with Crippen molar-refractivity contribution >= 4 is 40.8 Å². The van der Waals surface area contributed by atoms with Gasteiger partial charge in [-0.15, -0.1) is 0 Å². The Balaban J connectivity index is 1.68. The Kier molecular flexibility index (Phi) is 6.39. The molecule has 9 heteroatoms. The average Bonchev–Trinajstić information content (AvgIpc) is 2.79. The number of hydrogen-bond donors (Lipinski definition) is 1. The minimum absolute atomic E-state index is 0.0496. The van der Waals surface area contributed by atoms with Crippen LogP contribution in [0.1, 0.15) is 27.4 Å². The van der Waals surface area contributed by atoms with Crippen LogP contribution in [0.2, 0.25) is 15.1 Å². The summed E-state index contributed by atoms with van der Waals surface area (Å²) in [7, 11) is 1.48. The number of allylic oxidation sites excluding steroid dienone is 1. The molecule has 0 aliphatic carbocycles. The number of rotatable bonds is 4. The van der Waals surface area contributed by atoms with Crippen LogP contribution in [-0.2, 0) is 0 Å². The number of carbonyl (C=O) groups excluding carboxylic acids is 1. The molecule has 1 atom stereocenters. The van der Waals surface area contributed by atoms with E-state index in [0.29, 0.717) is 32.7 Å². The highest BCUT2D eigenvalue weighted by Crippen LogP contribution is 2.44. The number of carbonyl (C=O) groups is 1. The van der Waals surface area contributed by atoms with Gasteiger partial charge in [0.1, 0.15) is 28.9 Å². The van der Waals surface area contributed by atoms with Gasteiger partial charge in [0.15, 0.2) is 0 Å². The Hall–Kier alpha value is -3.37. The van der Waals surface area contributed by atoms with Gasteiger partial charge in [-0.2, -0.15) is 5.26 Å². The fourth-order valence-electron chi connectivity index (χ4n) is 3.49. The Morgan fingerprint density at radius 1 is 1.03 bits per heavy atom. The molecule has 6 nitrogen and oxygen atoms in total. The van der Waals surface area contributed by atoms with Crippen LogP contribution < -0.4 is 19.9 Å². The Morgan fingerprint density at radius 2 is 1.82 bits per heavy atom. The molecule has 33 heavy (non-hydrogen) atoms. The van der Waals surface area contributed by atoms with Crippen LogP contribution in [-0.4, -0.2) is 13.1 Å². The molecule has 1 heterocycles. The lowest BCUT2D eigenvalue weighted by molar-refractivity contribution is 0.0734. The summed E-state index contributed by atoms with van der Waals surface area (Å²) in [5.74, 6) is -0.172. The second-order valence-electron chi connectivity index (χ2n) is 7.04. The zero-order valence-electron chi connectivity index (χ0n) is 17.1. The summed E-state index contributed by atoms with van der Waals surface area (Å²) in [6, 6.07) is 16.6. The summed E-state index contributed by atoms with van der Waals surface area (Å²) in [5.41, 5.74) is 7.88. The van der Waals surface area contributed by atoms with Crippen molar-refractivity contribution in [1.29, 1.82) is 5.26 Å². The molecule has 0 amide bonds. The zero-order chi connectivity index (χ0) is 23.7. The van der Waals surface area contributed by atoms with Crippen molar-refractivity contribution in [1.82, 2.24) is 0 Å². The van der Waals surface area contributed by atoms with E-state index in [-0.39, 0.29) is 27.8 Å². The van der Waals surface area contributed by atoms with E-state index >= 15 is 0 Å². The topological polar surface area (TPSA) is 94.6 Å². The second kappa shape index (κ2) is 9.24. The summed E-state index contributed by atoms with van der Waals surface area (Å²) < 4.78 is 16.2. The van der Waals surface area contributed by atoms with Gasteiger partial charge in [0, 0.05) is 11.6 Å². The van der Waals surface area contributed by atoms with Crippen LogP contribution in [0.3, 0.4) is 0 Å².